The number of H-pyrrole nitrogens is 1. The van der Waals surface area contributed by atoms with E-state index < -0.39 is 0 Å². The molecular weight excluding hydrogens is 188 g/mol. The van der Waals surface area contributed by atoms with Gasteiger partial charge in [-0.05, 0) is 12.1 Å². The molecule has 0 saturated heterocycles. The number of Topliss-reactive ketones (excluding diaryl/α,β-unsaturated/α-hetero) is 1. The number of para-hydroxylation sites is 2. The summed E-state index contributed by atoms with van der Waals surface area (Å²) in [6.45, 7) is 3.82. The van der Waals surface area contributed by atoms with Crippen LogP contribution in [0, 0.1) is 5.92 Å². The van der Waals surface area contributed by atoms with Crippen LogP contribution in [-0.4, -0.2) is 15.8 Å². The van der Waals surface area contributed by atoms with Crippen molar-refractivity contribution in [3.63, 3.8) is 0 Å². The molecule has 0 bridgehead atoms. The maximum atomic E-state index is 11.5. The maximum Gasteiger partial charge on any atom is 0.142 e. The summed E-state index contributed by atoms with van der Waals surface area (Å²) in [5.41, 5.74) is 1.91. The van der Waals surface area contributed by atoms with Gasteiger partial charge in [-0.25, -0.2) is 4.98 Å². The zero-order valence-corrected chi connectivity index (χ0v) is 8.95. The maximum absolute atomic E-state index is 11.5. The number of ketones is 1. The molecule has 1 aromatic carbocycles. The van der Waals surface area contributed by atoms with Gasteiger partial charge in [0.2, 0.25) is 0 Å². The smallest absolute Gasteiger partial charge is 0.142 e. The van der Waals surface area contributed by atoms with Crippen LogP contribution in [0.3, 0.4) is 0 Å². The van der Waals surface area contributed by atoms with E-state index in [9.17, 15) is 4.79 Å². The molecule has 1 N–H and O–H groups in total. The molecule has 0 unspecified atom stereocenters. The lowest BCUT2D eigenvalue weighted by Crippen LogP contribution is -2.11. The van der Waals surface area contributed by atoms with E-state index in [1.807, 2.05) is 38.1 Å². The number of carbonyl (C=O) groups excluding carboxylic acids is 1. The van der Waals surface area contributed by atoms with Gasteiger partial charge in [0.15, 0.2) is 0 Å². The molecule has 1 heterocycles. The molecule has 0 atom stereocenters. The Balaban J connectivity index is 2.26. The molecule has 2 rings (SSSR count). The molecule has 0 saturated carbocycles. The van der Waals surface area contributed by atoms with Gasteiger partial charge in [0.25, 0.3) is 0 Å². The molecular formula is C12H14N2O. The van der Waals surface area contributed by atoms with E-state index in [0.29, 0.717) is 6.42 Å². The van der Waals surface area contributed by atoms with Crippen LogP contribution < -0.4 is 0 Å². The summed E-state index contributed by atoms with van der Waals surface area (Å²) < 4.78 is 0. The topological polar surface area (TPSA) is 45.8 Å². The van der Waals surface area contributed by atoms with Gasteiger partial charge in [0.05, 0.1) is 17.5 Å². The third kappa shape index (κ3) is 2.06. The summed E-state index contributed by atoms with van der Waals surface area (Å²) in [4.78, 5) is 19.0. The lowest BCUT2D eigenvalue weighted by atomic mass is 10.1. The minimum atomic E-state index is 0.0678. The van der Waals surface area contributed by atoms with Crippen LogP contribution in [0.4, 0.5) is 0 Å². The van der Waals surface area contributed by atoms with E-state index in [4.69, 9.17) is 0 Å². The monoisotopic (exact) mass is 202 g/mol. The van der Waals surface area contributed by atoms with Gasteiger partial charge in [0, 0.05) is 5.92 Å². The third-order valence-electron chi connectivity index (χ3n) is 2.42. The van der Waals surface area contributed by atoms with Crippen molar-refractivity contribution in [2.24, 2.45) is 5.92 Å². The lowest BCUT2D eigenvalue weighted by molar-refractivity contribution is -0.121. The van der Waals surface area contributed by atoms with E-state index in [1.165, 1.54) is 0 Å². The highest BCUT2D eigenvalue weighted by Crippen LogP contribution is 2.11. The Bertz CT molecular complexity index is 452. The molecule has 78 valence electrons. The molecule has 0 amide bonds. The van der Waals surface area contributed by atoms with Crippen LogP contribution in [0.2, 0.25) is 0 Å². The highest BCUT2D eigenvalue weighted by atomic mass is 16.1. The summed E-state index contributed by atoms with van der Waals surface area (Å²) >= 11 is 0. The Kier molecular flexibility index (Phi) is 2.54. The third-order valence-corrected chi connectivity index (χ3v) is 2.42. The van der Waals surface area contributed by atoms with Gasteiger partial charge in [0.1, 0.15) is 11.6 Å². The Morgan fingerprint density at radius 1 is 1.40 bits per heavy atom. The number of aromatic nitrogens is 2. The number of carbonyl (C=O) groups is 1. The van der Waals surface area contributed by atoms with Crippen LogP contribution in [0.15, 0.2) is 24.3 Å². The predicted octanol–water partition coefficient (Wildman–Crippen LogP) is 2.33. The predicted molar refractivity (Wildman–Crippen MR) is 59.6 cm³/mol. The first kappa shape index (κ1) is 9.90. The summed E-state index contributed by atoms with van der Waals surface area (Å²) in [6.07, 6.45) is 0.395. The van der Waals surface area contributed by atoms with Crippen LogP contribution in [0.1, 0.15) is 19.7 Å². The second kappa shape index (κ2) is 3.85. The number of hydrogen-bond acceptors (Lipinski definition) is 2. The molecule has 0 radical (unpaired) electrons. The van der Waals surface area contributed by atoms with Crippen LogP contribution in [-0.2, 0) is 11.2 Å². The number of nitrogens with zero attached hydrogens (tertiary/aromatic N) is 1. The van der Waals surface area contributed by atoms with Crippen molar-refractivity contribution in [2.75, 3.05) is 0 Å². The molecule has 0 fully saturated rings. The molecule has 0 aliphatic heterocycles. The fourth-order valence-corrected chi connectivity index (χ4v) is 1.46. The van der Waals surface area contributed by atoms with Crippen LogP contribution >= 0.6 is 0 Å². The molecule has 3 nitrogen and oxygen atoms in total. The molecule has 2 aromatic rings. The lowest BCUT2D eigenvalue weighted by Gasteiger charge is -2.00. The van der Waals surface area contributed by atoms with Gasteiger partial charge in [-0.15, -0.1) is 0 Å². The number of fused-ring (bicyclic) bond motifs is 1. The number of rotatable bonds is 3. The van der Waals surface area contributed by atoms with E-state index in [2.05, 4.69) is 9.97 Å². The minimum Gasteiger partial charge on any atom is -0.342 e. The Hall–Kier alpha value is -1.64. The van der Waals surface area contributed by atoms with Crippen molar-refractivity contribution >= 4 is 16.8 Å². The van der Waals surface area contributed by atoms with Gasteiger partial charge in [-0.2, -0.15) is 0 Å². The molecule has 0 spiro atoms. The van der Waals surface area contributed by atoms with Gasteiger partial charge in [-0.3, -0.25) is 4.79 Å². The van der Waals surface area contributed by atoms with Gasteiger partial charge >= 0.3 is 0 Å². The van der Waals surface area contributed by atoms with Crippen molar-refractivity contribution in [1.29, 1.82) is 0 Å². The quantitative estimate of drug-likeness (QED) is 0.830. The fraction of sp³-hybridized carbons (Fsp3) is 0.333. The van der Waals surface area contributed by atoms with E-state index in [-0.39, 0.29) is 11.7 Å². The SMILES string of the molecule is CC(C)C(=O)Cc1nc2ccccc2[nH]1. The number of aromatic amines is 1. The van der Waals surface area contributed by atoms with E-state index in [1.54, 1.807) is 0 Å². The van der Waals surface area contributed by atoms with Crippen molar-refractivity contribution in [2.45, 2.75) is 20.3 Å². The molecule has 15 heavy (non-hydrogen) atoms. The summed E-state index contributed by atoms with van der Waals surface area (Å²) in [7, 11) is 0. The first-order valence-electron chi connectivity index (χ1n) is 5.13. The van der Waals surface area contributed by atoms with Crippen molar-refractivity contribution in [1.82, 2.24) is 9.97 Å². The Morgan fingerprint density at radius 2 is 2.13 bits per heavy atom. The van der Waals surface area contributed by atoms with Gasteiger partial charge < -0.3 is 4.98 Å². The highest BCUT2D eigenvalue weighted by Gasteiger charge is 2.10. The van der Waals surface area contributed by atoms with E-state index >= 15 is 0 Å². The summed E-state index contributed by atoms with van der Waals surface area (Å²) in [5, 5.41) is 0. The zero-order valence-electron chi connectivity index (χ0n) is 8.95. The standard InChI is InChI=1S/C12H14N2O/c1-8(2)11(15)7-12-13-9-5-3-4-6-10(9)14-12/h3-6,8H,7H2,1-2H3,(H,13,14). The summed E-state index contributed by atoms with van der Waals surface area (Å²) in [5.74, 6) is 1.04. The summed E-state index contributed by atoms with van der Waals surface area (Å²) in [6, 6.07) is 7.80. The number of imidazole rings is 1. The zero-order chi connectivity index (χ0) is 10.8. The number of nitrogens with one attached hydrogen (secondary N) is 1. The number of benzene rings is 1. The minimum absolute atomic E-state index is 0.0678. The average Bonchev–Trinajstić information content (AvgIpc) is 2.59. The largest absolute Gasteiger partial charge is 0.342 e. The average molecular weight is 202 g/mol. The Morgan fingerprint density at radius 3 is 2.80 bits per heavy atom. The van der Waals surface area contributed by atoms with E-state index in [0.717, 1.165) is 16.9 Å². The normalized spacial score (nSPS) is 11.1. The van der Waals surface area contributed by atoms with Gasteiger partial charge in [-0.1, -0.05) is 26.0 Å². The van der Waals surface area contributed by atoms with Crippen molar-refractivity contribution in [3.05, 3.63) is 30.1 Å². The van der Waals surface area contributed by atoms with Crippen molar-refractivity contribution < 1.29 is 4.79 Å². The van der Waals surface area contributed by atoms with Crippen LogP contribution in [0.5, 0.6) is 0 Å². The first-order valence-corrected chi connectivity index (χ1v) is 5.13. The molecule has 0 aliphatic carbocycles. The first-order chi connectivity index (χ1) is 7.16. The highest BCUT2D eigenvalue weighted by molar-refractivity contribution is 5.83. The second-order valence-corrected chi connectivity index (χ2v) is 4.00. The Labute approximate surface area is 88.5 Å². The number of hydrogen-bond donors (Lipinski definition) is 1. The molecule has 1 aromatic heterocycles. The van der Waals surface area contributed by atoms with Crippen molar-refractivity contribution in [3.8, 4) is 0 Å². The fourth-order valence-electron chi connectivity index (χ4n) is 1.46. The second-order valence-electron chi connectivity index (χ2n) is 4.00. The molecule has 0 aliphatic rings. The molecule has 3 heteroatoms. The van der Waals surface area contributed by atoms with Crippen LogP contribution in [0.25, 0.3) is 11.0 Å².